The maximum Gasteiger partial charge on any atom is 0.240 e. The molecule has 0 radical (unpaired) electrons. The zero-order valence-corrected chi connectivity index (χ0v) is 14.7. The number of nitrogens with zero attached hydrogens (tertiary/aromatic N) is 2. The number of aryl methyl sites for hydroxylation is 3. The van der Waals surface area contributed by atoms with Crippen molar-refractivity contribution in [3.8, 4) is 0 Å². The van der Waals surface area contributed by atoms with Crippen LogP contribution in [0, 0.1) is 20.8 Å². The fraction of sp³-hybridized carbons (Fsp3) is 0.263. The van der Waals surface area contributed by atoms with Crippen LogP contribution in [-0.2, 0) is 9.59 Å². The molecule has 0 saturated heterocycles. The van der Waals surface area contributed by atoms with E-state index < -0.39 is 0 Å². The number of nitrogens with one attached hydrogen (secondary N) is 2. The summed E-state index contributed by atoms with van der Waals surface area (Å²) < 4.78 is 0. The van der Waals surface area contributed by atoms with Gasteiger partial charge in [0.25, 0.3) is 0 Å². The van der Waals surface area contributed by atoms with Crippen molar-refractivity contribution in [3.05, 3.63) is 58.9 Å². The molecule has 0 unspecified atom stereocenters. The molecule has 1 aromatic carbocycles. The normalized spacial score (nSPS) is 10.7. The van der Waals surface area contributed by atoms with E-state index in [0.717, 1.165) is 22.5 Å². The summed E-state index contributed by atoms with van der Waals surface area (Å²) >= 11 is 0. The predicted molar refractivity (Wildman–Crippen MR) is 98.5 cm³/mol. The summed E-state index contributed by atoms with van der Waals surface area (Å²) in [4.78, 5) is 27.9. The molecule has 0 atom stereocenters. The Morgan fingerprint density at radius 3 is 2.56 bits per heavy atom. The molecule has 0 bridgehead atoms. The fourth-order valence-corrected chi connectivity index (χ4v) is 2.26. The van der Waals surface area contributed by atoms with Gasteiger partial charge < -0.3 is 5.32 Å². The number of rotatable bonds is 6. The summed E-state index contributed by atoms with van der Waals surface area (Å²) in [6, 6.07) is 11.3. The first-order valence-corrected chi connectivity index (χ1v) is 8.07. The molecule has 2 amide bonds. The van der Waals surface area contributed by atoms with Crippen LogP contribution in [0.2, 0.25) is 0 Å². The van der Waals surface area contributed by atoms with E-state index in [1.54, 1.807) is 6.07 Å². The first-order chi connectivity index (χ1) is 11.9. The van der Waals surface area contributed by atoms with Gasteiger partial charge in [0.15, 0.2) is 0 Å². The topological polar surface area (TPSA) is 83.5 Å². The van der Waals surface area contributed by atoms with Crippen LogP contribution in [0.1, 0.15) is 35.4 Å². The SMILES string of the molecule is Cc1ccc(NC(=O)CCC(=O)N/N=C/c2cccc(C)n2)c(C)c1. The number of carbonyl (C=O) groups excluding carboxylic acids is 2. The monoisotopic (exact) mass is 338 g/mol. The minimum Gasteiger partial charge on any atom is -0.326 e. The minimum atomic E-state index is -0.320. The van der Waals surface area contributed by atoms with Crippen molar-refractivity contribution in [1.82, 2.24) is 10.4 Å². The third-order valence-electron chi connectivity index (χ3n) is 3.53. The number of benzene rings is 1. The van der Waals surface area contributed by atoms with Gasteiger partial charge in [0, 0.05) is 24.2 Å². The van der Waals surface area contributed by atoms with Gasteiger partial charge in [-0.05, 0) is 44.5 Å². The van der Waals surface area contributed by atoms with Crippen LogP contribution in [0.25, 0.3) is 0 Å². The lowest BCUT2D eigenvalue weighted by atomic mass is 10.1. The molecule has 0 saturated carbocycles. The lowest BCUT2D eigenvalue weighted by Gasteiger charge is -2.08. The Morgan fingerprint density at radius 1 is 1.08 bits per heavy atom. The van der Waals surface area contributed by atoms with Crippen LogP contribution in [-0.4, -0.2) is 23.0 Å². The van der Waals surface area contributed by atoms with Crippen molar-refractivity contribution >= 4 is 23.7 Å². The fourth-order valence-electron chi connectivity index (χ4n) is 2.26. The zero-order valence-electron chi connectivity index (χ0n) is 14.7. The van der Waals surface area contributed by atoms with Gasteiger partial charge in [-0.3, -0.25) is 14.6 Å². The Balaban J connectivity index is 1.76. The number of aromatic nitrogens is 1. The van der Waals surface area contributed by atoms with Crippen molar-refractivity contribution in [2.75, 3.05) is 5.32 Å². The Bertz CT molecular complexity index is 800. The van der Waals surface area contributed by atoms with E-state index in [2.05, 4.69) is 20.8 Å². The second kappa shape index (κ2) is 8.73. The van der Waals surface area contributed by atoms with Crippen molar-refractivity contribution in [2.45, 2.75) is 33.6 Å². The molecule has 2 rings (SSSR count). The van der Waals surface area contributed by atoms with Crippen LogP contribution >= 0.6 is 0 Å². The summed E-state index contributed by atoms with van der Waals surface area (Å²) in [7, 11) is 0. The number of amides is 2. The van der Waals surface area contributed by atoms with Gasteiger partial charge in [-0.25, -0.2) is 5.43 Å². The number of carbonyl (C=O) groups is 2. The molecular weight excluding hydrogens is 316 g/mol. The third-order valence-corrected chi connectivity index (χ3v) is 3.53. The summed E-state index contributed by atoms with van der Waals surface area (Å²) in [5.74, 6) is -0.522. The summed E-state index contributed by atoms with van der Waals surface area (Å²) in [6.07, 6.45) is 1.63. The molecule has 1 heterocycles. The molecule has 0 fully saturated rings. The quantitative estimate of drug-likeness (QED) is 0.627. The first-order valence-electron chi connectivity index (χ1n) is 8.07. The number of pyridine rings is 1. The van der Waals surface area contributed by atoms with E-state index in [0.29, 0.717) is 5.69 Å². The standard InChI is InChI=1S/C19H22N4O2/c1-13-7-8-17(14(2)11-13)22-18(24)9-10-19(25)23-20-12-16-6-4-5-15(3)21-16/h4-8,11-12H,9-10H2,1-3H3,(H,22,24)(H,23,25)/b20-12+. The van der Waals surface area contributed by atoms with Gasteiger partial charge in [0.1, 0.15) is 0 Å². The first kappa shape index (κ1) is 18.3. The van der Waals surface area contributed by atoms with Crippen molar-refractivity contribution in [1.29, 1.82) is 0 Å². The average molecular weight is 338 g/mol. The number of anilines is 1. The zero-order chi connectivity index (χ0) is 18.2. The highest BCUT2D eigenvalue weighted by Crippen LogP contribution is 2.16. The van der Waals surface area contributed by atoms with Crippen molar-refractivity contribution in [2.24, 2.45) is 5.10 Å². The van der Waals surface area contributed by atoms with E-state index in [4.69, 9.17) is 0 Å². The van der Waals surface area contributed by atoms with Crippen LogP contribution in [0.3, 0.4) is 0 Å². The molecule has 6 nitrogen and oxygen atoms in total. The van der Waals surface area contributed by atoms with Crippen LogP contribution in [0.4, 0.5) is 5.69 Å². The molecule has 1 aromatic heterocycles. The average Bonchev–Trinajstić information content (AvgIpc) is 2.56. The predicted octanol–water partition coefficient (Wildman–Crippen LogP) is 2.88. The van der Waals surface area contributed by atoms with Gasteiger partial charge in [-0.15, -0.1) is 0 Å². The van der Waals surface area contributed by atoms with Gasteiger partial charge >= 0.3 is 0 Å². The van der Waals surface area contributed by atoms with Gasteiger partial charge in [0.05, 0.1) is 11.9 Å². The van der Waals surface area contributed by atoms with Crippen molar-refractivity contribution < 1.29 is 9.59 Å². The molecule has 0 aliphatic rings. The molecule has 0 aliphatic carbocycles. The second-order valence-electron chi connectivity index (χ2n) is 5.86. The number of hydrazone groups is 1. The largest absolute Gasteiger partial charge is 0.326 e. The van der Waals surface area contributed by atoms with E-state index >= 15 is 0 Å². The molecule has 0 aliphatic heterocycles. The summed E-state index contributed by atoms with van der Waals surface area (Å²) in [5.41, 5.74) is 6.82. The van der Waals surface area contributed by atoms with Gasteiger partial charge in [0.2, 0.25) is 11.8 Å². The van der Waals surface area contributed by atoms with Gasteiger partial charge in [-0.1, -0.05) is 23.8 Å². The highest BCUT2D eigenvalue weighted by atomic mass is 16.2. The Kier molecular flexibility index (Phi) is 6.39. The molecule has 2 N–H and O–H groups in total. The van der Waals surface area contributed by atoms with E-state index in [9.17, 15) is 9.59 Å². The van der Waals surface area contributed by atoms with Crippen LogP contribution < -0.4 is 10.7 Å². The minimum absolute atomic E-state index is 0.0648. The molecule has 25 heavy (non-hydrogen) atoms. The lowest BCUT2D eigenvalue weighted by molar-refractivity contribution is -0.124. The molecule has 0 spiro atoms. The maximum atomic E-state index is 11.9. The smallest absolute Gasteiger partial charge is 0.240 e. The molecular formula is C19H22N4O2. The third kappa shape index (κ3) is 6.18. The maximum absolute atomic E-state index is 11.9. The summed E-state index contributed by atoms with van der Waals surface area (Å²) in [5, 5.41) is 6.66. The Labute approximate surface area is 147 Å². The van der Waals surface area contributed by atoms with Gasteiger partial charge in [-0.2, -0.15) is 5.10 Å². The second-order valence-corrected chi connectivity index (χ2v) is 5.86. The molecule has 2 aromatic rings. The summed E-state index contributed by atoms with van der Waals surface area (Å²) in [6.45, 7) is 5.81. The van der Waals surface area contributed by atoms with Crippen LogP contribution in [0.15, 0.2) is 41.5 Å². The molecule has 6 heteroatoms. The number of hydrogen-bond acceptors (Lipinski definition) is 4. The van der Waals surface area contributed by atoms with Crippen LogP contribution in [0.5, 0.6) is 0 Å². The Hall–Kier alpha value is -3.02. The highest BCUT2D eigenvalue weighted by molar-refractivity contribution is 5.94. The molecule has 130 valence electrons. The van der Waals surface area contributed by atoms with E-state index in [1.165, 1.54) is 6.21 Å². The lowest BCUT2D eigenvalue weighted by Crippen LogP contribution is -2.21. The van der Waals surface area contributed by atoms with E-state index in [-0.39, 0.29) is 24.7 Å². The highest BCUT2D eigenvalue weighted by Gasteiger charge is 2.08. The van der Waals surface area contributed by atoms with Crippen molar-refractivity contribution in [3.63, 3.8) is 0 Å². The van der Waals surface area contributed by atoms with E-state index in [1.807, 2.05) is 51.1 Å². The number of hydrogen-bond donors (Lipinski definition) is 2. The Morgan fingerprint density at radius 2 is 1.84 bits per heavy atom.